The zero-order chi connectivity index (χ0) is 21.1. The maximum atomic E-state index is 12.8. The van der Waals surface area contributed by atoms with Gasteiger partial charge in [0.15, 0.2) is 0 Å². The molecule has 2 aromatic rings. The molecule has 1 N–H and O–H groups in total. The molecule has 0 bridgehead atoms. The highest BCUT2D eigenvalue weighted by molar-refractivity contribution is 5.96. The van der Waals surface area contributed by atoms with Crippen LogP contribution in [-0.4, -0.2) is 67.4 Å². The number of anilines is 2. The molecule has 0 saturated carbocycles. The molecule has 1 fully saturated rings. The molecule has 1 saturated heterocycles. The maximum absolute atomic E-state index is 12.8. The molecule has 0 unspecified atom stereocenters. The van der Waals surface area contributed by atoms with Crippen molar-refractivity contribution in [3.8, 4) is 0 Å². The standard InChI is InChI=1S/C24H30N4O2/c1-18-6-5-7-19(2)24(18)25-22(29)16-26-12-14-27(15-13-26)17-23(30)28-11-10-20-8-3-4-9-21(20)28/h3-9H,10-17H2,1-2H3,(H,25,29). The summed E-state index contributed by atoms with van der Waals surface area (Å²) in [5.41, 5.74) is 5.39. The minimum Gasteiger partial charge on any atom is -0.324 e. The van der Waals surface area contributed by atoms with Crippen LogP contribution >= 0.6 is 0 Å². The second-order valence-electron chi connectivity index (χ2n) is 8.29. The van der Waals surface area contributed by atoms with Crippen LogP contribution in [0.15, 0.2) is 42.5 Å². The van der Waals surface area contributed by atoms with Crippen LogP contribution in [0.2, 0.25) is 0 Å². The van der Waals surface area contributed by atoms with E-state index in [2.05, 4.69) is 21.2 Å². The third-order valence-electron chi connectivity index (χ3n) is 6.12. The Morgan fingerprint density at radius 2 is 1.47 bits per heavy atom. The van der Waals surface area contributed by atoms with Gasteiger partial charge in [-0.25, -0.2) is 0 Å². The van der Waals surface area contributed by atoms with Crippen molar-refractivity contribution < 1.29 is 9.59 Å². The average molecular weight is 407 g/mol. The SMILES string of the molecule is Cc1cccc(C)c1NC(=O)CN1CCN(CC(=O)N2CCc3ccccc32)CC1. The molecule has 30 heavy (non-hydrogen) atoms. The van der Waals surface area contributed by atoms with Gasteiger partial charge in [-0.2, -0.15) is 0 Å². The number of nitrogens with zero attached hydrogens (tertiary/aromatic N) is 3. The Morgan fingerprint density at radius 1 is 0.833 bits per heavy atom. The van der Waals surface area contributed by atoms with Crippen molar-refractivity contribution in [2.75, 3.05) is 56.0 Å². The van der Waals surface area contributed by atoms with E-state index in [1.165, 1.54) is 5.56 Å². The summed E-state index contributed by atoms with van der Waals surface area (Å²) in [5, 5.41) is 3.06. The van der Waals surface area contributed by atoms with Gasteiger partial charge in [0, 0.05) is 44.1 Å². The van der Waals surface area contributed by atoms with Crippen molar-refractivity contribution >= 4 is 23.2 Å². The highest BCUT2D eigenvalue weighted by Gasteiger charge is 2.27. The normalized spacial score (nSPS) is 17.1. The lowest BCUT2D eigenvalue weighted by Gasteiger charge is -2.34. The second kappa shape index (κ2) is 8.98. The lowest BCUT2D eigenvalue weighted by molar-refractivity contribution is -0.121. The van der Waals surface area contributed by atoms with Gasteiger partial charge in [0.1, 0.15) is 0 Å². The van der Waals surface area contributed by atoms with Gasteiger partial charge in [-0.1, -0.05) is 36.4 Å². The van der Waals surface area contributed by atoms with Crippen molar-refractivity contribution in [3.63, 3.8) is 0 Å². The molecule has 6 heteroatoms. The Kier molecular flexibility index (Phi) is 6.16. The molecule has 6 nitrogen and oxygen atoms in total. The second-order valence-corrected chi connectivity index (χ2v) is 8.29. The molecule has 0 radical (unpaired) electrons. The van der Waals surface area contributed by atoms with Crippen molar-refractivity contribution in [2.45, 2.75) is 20.3 Å². The van der Waals surface area contributed by atoms with Crippen LogP contribution in [0.5, 0.6) is 0 Å². The minimum atomic E-state index is 0.0191. The number of aryl methyl sites for hydroxylation is 2. The molecule has 0 aromatic heterocycles. The number of carbonyl (C=O) groups is 2. The Morgan fingerprint density at radius 3 is 2.17 bits per heavy atom. The van der Waals surface area contributed by atoms with Crippen LogP contribution in [0.3, 0.4) is 0 Å². The predicted octanol–water partition coefficient (Wildman–Crippen LogP) is 2.45. The molecule has 158 valence electrons. The van der Waals surface area contributed by atoms with Crippen molar-refractivity contribution in [1.29, 1.82) is 0 Å². The number of carbonyl (C=O) groups excluding carboxylic acids is 2. The summed E-state index contributed by atoms with van der Waals surface area (Å²) < 4.78 is 0. The van der Waals surface area contributed by atoms with Gasteiger partial charge >= 0.3 is 0 Å². The Labute approximate surface area is 178 Å². The van der Waals surface area contributed by atoms with Gasteiger partial charge in [0.05, 0.1) is 13.1 Å². The minimum absolute atomic E-state index is 0.0191. The number of hydrogen-bond acceptors (Lipinski definition) is 4. The first-order chi connectivity index (χ1) is 14.5. The molecule has 2 aromatic carbocycles. The van der Waals surface area contributed by atoms with E-state index in [0.29, 0.717) is 13.1 Å². The van der Waals surface area contributed by atoms with Crippen molar-refractivity contribution in [2.24, 2.45) is 0 Å². The Bertz CT molecular complexity index is 914. The van der Waals surface area contributed by atoms with Crippen LogP contribution in [0, 0.1) is 13.8 Å². The van der Waals surface area contributed by atoms with Gasteiger partial charge in [-0.15, -0.1) is 0 Å². The van der Waals surface area contributed by atoms with Gasteiger partial charge in [0.25, 0.3) is 0 Å². The molecule has 0 atom stereocenters. The van der Waals surface area contributed by atoms with Crippen LogP contribution in [-0.2, 0) is 16.0 Å². The summed E-state index contributed by atoms with van der Waals surface area (Å²) in [5.74, 6) is 0.187. The molecule has 4 rings (SSSR count). The fraction of sp³-hybridized carbons (Fsp3) is 0.417. The first-order valence-electron chi connectivity index (χ1n) is 10.7. The van der Waals surface area contributed by atoms with E-state index in [1.807, 2.05) is 55.1 Å². The van der Waals surface area contributed by atoms with Crippen molar-refractivity contribution in [3.05, 3.63) is 59.2 Å². The summed E-state index contributed by atoms with van der Waals surface area (Å²) in [6, 6.07) is 14.2. The third kappa shape index (κ3) is 4.55. The molecule has 0 aliphatic carbocycles. The van der Waals surface area contributed by atoms with E-state index in [1.54, 1.807) is 0 Å². The van der Waals surface area contributed by atoms with E-state index in [-0.39, 0.29) is 11.8 Å². The van der Waals surface area contributed by atoms with Crippen LogP contribution in [0.4, 0.5) is 11.4 Å². The van der Waals surface area contributed by atoms with E-state index in [0.717, 1.165) is 61.6 Å². The number of fused-ring (bicyclic) bond motifs is 1. The highest BCUT2D eigenvalue weighted by atomic mass is 16.2. The maximum Gasteiger partial charge on any atom is 0.241 e. The zero-order valence-electron chi connectivity index (χ0n) is 17.9. The fourth-order valence-electron chi connectivity index (χ4n) is 4.37. The van der Waals surface area contributed by atoms with Gasteiger partial charge in [-0.05, 0) is 43.0 Å². The van der Waals surface area contributed by atoms with E-state index in [9.17, 15) is 9.59 Å². The number of rotatable bonds is 5. The number of hydrogen-bond donors (Lipinski definition) is 1. The number of amides is 2. The lowest BCUT2D eigenvalue weighted by Crippen LogP contribution is -2.51. The van der Waals surface area contributed by atoms with E-state index < -0.39 is 0 Å². The fourth-order valence-corrected chi connectivity index (χ4v) is 4.37. The average Bonchev–Trinajstić information content (AvgIpc) is 3.17. The van der Waals surface area contributed by atoms with Gasteiger partial charge < -0.3 is 10.2 Å². The predicted molar refractivity (Wildman–Crippen MR) is 120 cm³/mol. The first-order valence-corrected chi connectivity index (χ1v) is 10.7. The van der Waals surface area contributed by atoms with Crippen LogP contribution in [0.25, 0.3) is 0 Å². The topological polar surface area (TPSA) is 55.9 Å². The van der Waals surface area contributed by atoms with E-state index >= 15 is 0 Å². The summed E-state index contributed by atoms with van der Waals surface area (Å²) >= 11 is 0. The van der Waals surface area contributed by atoms with E-state index in [4.69, 9.17) is 0 Å². The number of piperazine rings is 1. The number of benzene rings is 2. The lowest BCUT2D eigenvalue weighted by atomic mass is 10.1. The van der Waals surface area contributed by atoms with Crippen LogP contribution in [0.1, 0.15) is 16.7 Å². The highest BCUT2D eigenvalue weighted by Crippen LogP contribution is 2.27. The molecular weight excluding hydrogens is 376 g/mol. The third-order valence-corrected chi connectivity index (χ3v) is 6.12. The molecular formula is C24H30N4O2. The largest absolute Gasteiger partial charge is 0.324 e. The van der Waals surface area contributed by atoms with Crippen LogP contribution < -0.4 is 10.2 Å². The molecule has 2 aliphatic heterocycles. The Hall–Kier alpha value is -2.70. The molecule has 2 amide bonds. The zero-order valence-corrected chi connectivity index (χ0v) is 17.9. The quantitative estimate of drug-likeness (QED) is 0.829. The molecule has 2 aliphatic rings. The number of nitrogens with one attached hydrogen (secondary N) is 1. The van der Waals surface area contributed by atoms with Gasteiger partial charge in [-0.3, -0.25) is 19.4 Å². The first kappa shape index (κ1) is 20.6. The smallest absolute Gasteiger partial charge is 0.241 e. The van der Waals surface area contributed by atoms with Gasteiger partial charge in [0.2, 0.25) is 11.8 Å². The summed E-state index contributed by atoms with van der Waals surface area (Å²) in [4.78, 5) is 31.6. The summed E-state index contributed by atoms with van der Waals surface area (Å²) in [7, 11) is 0. The summed E-state index contributed by atoms with van der Waals surface area (Å²) in [6.45, 7) is 8.82. The molecule has 2 heterocycles. The Balaban J connectivity index is 1.24. The van der Waals surface area contributed by atoms with Crippen molar-refractivity contribution in [1.82, 2.24) is 9.80 Å². The number of para-hydroxylation sites is 2. The summed E-state index contributed by atoms with van der Waals surface area (Å²) in [6.07, 6.45) is 0.936. The molecule has 0 spiro atoms. The monoisotopic (exact) mass is 406 g/mol.